The number of alkyl halides is 2. The number of ether oxygens (including phenoxy) is 1. The smallest absolute Gasteiger partial charge is 0.340 e. The van der Waals surface area contributed by atoms with E-state index in [0.29, 0.717) is 5.56 Å². The van der Waals surface area contributed by atoms with Gasteiger partial charge in [-0.25, -0.2) is 4.79 Å². The van der Waals surface area contributed by atoms with E-state index >= 15 is 0 Å². The van der Waals surface area contributed by atoms with Gasteiger partial charge in [-0.3, -0.25) is 0 Å². The van der Waals surface area contributed by atoms with Gasteiger partial charge in [0.15, 0.2) is 0 Å². The Bertz CT molecular complexity index is 511. The highest BCUT2D eigenvalue weighted by Crippen LogP contribution is 2.27. The van der Waals surface area contributed by atoms with Gasteiger partial charge in [0, 0.05) is 38.8 Å². The molecule has 0 spiro atoms. The third-order valence-electron chi connectivity index (χ3n) is 3.43. The third-order valence-corrected chi connectivity index (χ3v) is 3.66. The van der Waals surface area contributed by atoms with Gasteiger partial charge in [0.05, 0.1) is 5.56 Å². The van der Waals surface area contributed by atoms with Crippen molar-refractivity contribution in [3.05, 3.63) is 29.3 Å². The fourth-order valence-electron chi connectivity index (χ4n) is 2.43. The molecule has 6 heteroatoms. The molecule has 0 radical (unpaired) electrons. The first-order chi connectivity index (χ1) is 9.90. The van der Waals surface area contributed by atoms with Gasteiger partial charge >= 0.3 is 5.97 Å². The van der Waals surface area contributed by atoms with Gasteiger partial charge in [-0.1, -0.05) is 18.5 Å². The molecule has 4 nitrogen and oxygen atoms in total. The second-order valence-corrected chi connectivity index (χ2v) is 7.82. The van der Waals surface area contributed by atoms with Crippen LogP contribution >= 0.6 is 27.5 Å². The van der Waals surface area contributed by atoms with Crippen molar-refractivity contribution in [3.8, 4) is 0 Å². The van der Waals surface area contributed by atoms with Crippen molar-refractivity contribution >= 4 is 39.2 Å². The number of hydrogen-bond donors (Lipinski definition) is 1. The maximum atomic E-state index is 12.1. The minimum Gasteiger partial charge on any atom is -0.430 e. The zero-order chi connectivity index (χ0) is 15.5. The maximum absolute atomic E-state index is 12.1. The molecule has 0 saturated carbocycles. The van der Waals surface area contributed by atoms with Crippen molar-refractivity contribution in [2.24, 2.45) is 0 Å². The van der Waals surface area contributed by atoms with Crippen LogP contribution < -0.4 is 10.2 Å². The number of carbonyl (C=O) groups excluding carboxylic acids is 1. The summed E-state index contributed by atoms with van der Waals surface area (Å²) in [4.78, 5) is 14.4. The van der Waals surface area contributed by atoms with Crippen LogP contribution in [0, 0.1) is 0 Å². The molecule has 0 bridgehead atoms. The lowest BCUT2D eigenvalue weighted by atomic mass is 10.0. The number of anilines is 1. The normalized spacial score (nSPS) is 18.2. The van der Waals surface area contributed by atoms with E-state index in [9.17, 15) is 4.79 Å². The van der Waals surface area contributed by atoms with E-state index in [4.69, 9.17) is 16.3 Å². The Morgan fingerprint density at radius 2 is 2.14 bits per heavy atom. The fraction of sp³-hybridized carbons (Fsp3) is 0.533. The standard InChI is InChI=1S/C15H20BrClN2O2/c1-3-11-10-12(14(20)21-15(2,16)17)4-5-13(11)19-8-6-18-7-9-19/h4-5,10,18H,3,6-9H2,1-2H3. The van der Waals surface area contributed by atoms with E-state index in [0.717, 1.165) is 38.2 Å². The van der Waals surface area contributed by atoms with Crippen molar-refractivity contribution in [2.75, 3.05) is 31.1 Å². The van der Waals surface area contributed by atoms with Crippen LogP contribution in [0.5, 0.6) is 0 Å². The first kappa shape index (κ1) is 16.6. The molecule has 1 aromatic rings. The summed E-state index contributed by atoms with van der Waals surface area (Å²) in [5, 5.41) is 3.34. The summed E-state index contributed by atoms with van der Waals surface area (Å²) >= 11 is 8.96. The van der Waals surface area contributed by atoms with Crippen molar-refractivity contribution < 1.29 is 9.53 Å². The van der Waals surface area contributed by atoms with Crippen LogP contribution in [-0.4, -0.2) is 36.1 Å². The van der Waals surface area contributed by atoms with Gasteiger partial charge < -0.3 is 15.0 Å². The molecule has 1 aliphatic rings. The third kappa shape index (κ3) is 4.59. The highest BCUT2D eigenvalue weighted by atomic mass is 79.9. The second-order valence-electron chi connectivity index (χ2n) is 5.13. The molecule has 1 aromatic carbocycles. The summed E-state index contributed by atoms with van der Waals surface area (Å²) in [5.74, 6) is -0.425. The van der Waals surface area contributed by atoms with E-state index in [2.05, 4.69) is 33.1 Å². The van der Waals surface area contributed by atoms with E-state index in [1.807, 2.05) is 12.1 Å². The first-order valence-corrected chi connectivity index (χ1v) is 8.27. The van der Waals surface area contributed by atoms with Crippen molar-refractivity contribution in [1.82, 2.24) is 5.32 Å². The van der Waals surface area contributed by atoms with Crippen LogP contribution in [0.1, 0.15) is 29.8 Å². The molecule has 2 rings (SSSR count). The molecule has 1 heterocycles. The molecular weight excluding hydrogens is 356 g/mol. The van der Waals surface area contributed by atoms with Gasteiger partial charge in [0.1, 0.15) is 0 Å². The average Bonchev–Trinajstić information content (AvgIpc) is 2.45. The first-order valence-electron chi connectivity index (χ1n) is 7.10. The summed E-state index contributed by atoms with van der Waals surface area (Å²) in [6.45, 7) is 7.60. The minimum absolute atomic E-state index is 0.425. The lowest BCUT2D eigenvalue weighted by molar-refractivity contribution is 0.0431. The minimum atomic E-state index is -1.17. The zero-order valence-electron chi connectivity index (χ0n) is 12.3. The van der Waals surface area contributed by atoms with Gasteiger partial charge in [-0.2, -0.15) is 0 Å². The Morgan fingerprint density at radius 3 is 2.71 bits per heavy atom. The fourth-order valence-corrected chi connectivity index (χ4v) is 2.65. The van der Waals surface area contributed by atoms with Gasteiger partial charge in [0.25, 0.3) is 0 Å². The SMILES string of the molecule is CCc1cc(C(=O)OC(C)(Cl)Br)ccc1N1CCNCC1. The molecule has 0 aliphatic carbocycles. The Kier molecular flexibility index (Phi) is 5.52. The molecular formula is C15H20BrClN2O2. The number of nitrogens with one attached hydrogen (secondary N) is 1. The number of rotatable bonds is 4. The van der Waals surface area contributed by atoms with Gasteiger partial charge in [-0.05, 0) is 46.1 Å². The molecule has 0 amide bonds. The topological polar surface area (TPSA) is 41.6 Å². The van der Waals surface area contributed by atoms with Crippen molar-refractivity contribution in [2.45, 2.75) is 24.2 Å². The van der Waals surface area contributed by atoms with Crippen LogP contribution in [-0.2, 0) is 11.2 Å². The molecule has 1 unspecified atom stereocenters. The van der Waals surface area contributed by atoms with Crippen molar-refractivity contribution in [3.63, 3.8) is 0 Å². The van der Waals surface area contributed by atoms with E-state index in [1.165, 1.54) is 5.69 Å². The lowest BCUT2D eigenvalue weighted by Crippen LogP contribution is -2.43. The van der Waals surface area contributed by atoms with Crippen molar-refractivity contribution in [1.29, 1.82) is 0 Å². The van der Waals surface area contributed by atoms with E-state index in [1.54, 1.807) is 13.0 Å². The highest BCUT2D eigenvalue weighted by molar-refractivity contribution is 9.10. The van der Waals surface area contributed by atoms with Crippen LogP contribution in [0.25, 0.3) is 0 Å². The van der Waals surface area contributed by atoms with Gasteiger partial charge in [-0.15, -0.1) is 0 Å². The monoisotopic (exact) mass is 374 g/mol. The predicted molar refractivity (Wildman–Crippen MR) is 89.5 cm³/mol. The molecule has 1 atom stereocenters. The summed E-state index contributed by atoms with van der Waals surface area (Å²) < 4.78 is 3.96. The second kappa shape index (κ2) is 6.99. The number of halogens is 2. The maximum Gasteiger partial charge on any atom is 0.340 e. The molecule has 1 N–H and O–H groups in total. The summed E-state index contributed by atoms with van der Waals surface area (Å²) in [5.41, 5.74) is 2.87. The highest BCUT2D eigenvalue weighted by Gasteiger charge is 2.23. The lowest BCUT2D eigenvalue weighted by Gasteiger charge is -2.31. The van der Waals surface area contributed by atoms with E-state index < -0.39 is 9.94 Å². The molecule has 1 fully saturated rings. The van der Waals surface area contributed by atoms with Crippen LogP contribution in [0.2, 0.25) is 0 Å². The molecule has 21 heavy (non-hydrogen) atoms. The van der Waals surface area contributed by atoms with Crippen LogP contribution in [0.3, 0.4) is 0 Å². The largest absolute Gasteiger partial charge is 0.430 e. The number of esters is 1. The number of nitrogens with zero attached hydrogens (tertiary/aromatic N) is 1. The average molecular weight is 376 g/mol. The number of hydrogen-bond acceptors (Lipinski definition) is 4. The summed E-state index contributed by atoms with van der Waals surface area (Å²) in [6.07, 6.45) is 0.868. The molecule has 1 aliphatic heterocycles. The summed E-state index contributed by atoms with van der Waals surface area (Å²) in [6, 6.07) is 5.70. The van der Waals surface area contributed by atoms with Crippen LogP contribution in [0.4, 0.5) is 5.69 Å². The number of carbonyl (C=O) groups is 1. The Labute approximate surface area is 138 Å². The Balaban J connectivity index is 2.21. The van der Waals surface area contributed by atoms with Crippen LogP contribution in [0.15, 0.2) is 18.2 Å². The number of aryl methyl sites for hydroxylation is 1. The quantitative estimate of drug-likeness (QED) is 0.648. The number of piperazine rings is 1. The zero-order valence-corrected chi connectivity index (χ0v) is 14.6. The molecule has 1 saturated heterocycles. The Hall–Kier alpha value is -0.780. The molecule has 116 valence electrons. The predicted octanol–water partition coefficient (Wildman–Crippen LogP) is 3.12. The van der Waals surface area contributed by atoms with Gasteiger partial charge in [0.2, 0.25) is 3.97 Å². The molecule has 0 aromatic heterocycles. The summed E-state index contributed by atoms with van der Waals surface area (Å²) in [7, 11) is 0. The Morgan fingerprint density at radius 1 is 1.48 bits per heavy atom. The van der Waals surface area contributed by atoms with E-state index in [-0.39, 0.29) is 0 Å². The number of benzene rings is 1.